The second kappa shape index (κ2) is 17.6. The molecule has 0 bridgehead atoms. The van der Waals surface area contributed by atoms with E-state index < -0.39 is 0 Å². The van der Waals surface area contributed by atoms with E-state index >= 15 is 0 Å². The average Bonchev–Trinajstić information content (AvgIpc) is 3.17. The molecule has 0 aromatic heterocycles. The number of unbranched alkanes of at least 4 members (excludes halogenated alkanes) is 11. The molecule has 0 saturated carbocycles. The van der Waals surface area contributed by atoms with Crippen LogP contribution in [-0.2, 0) is 14.3 Å². The van der Waals surface area contributed by atoms with Crippen molar-refractivity contribution in [2.24, 2.45) is 0 Å². The molecule has 0 aliphatic carbocycles. The van der Waals surface area contributed by atoms with Gasteiger partial charge in [-0.1, -0.05) is 70.4 Å². The molecule has 1 saturated heterocycles. The molecule has 0 amide bonds. The van der Waals surface area contributed by atoms with Crippen molar-refractivity contribution < 1.29 is 14.3 Å². The third-order valence-corrected chi connectivity index (χ3v) is 5.10. The summed E-state index contributed by atoms with van der Waals surface area (Å²) < 4.78 is 10.7. The highest BCUT2D eigenvalue weighted by molar-refractivity contribution is 5.69. The van der Waals surface area contributed by atoms with Crippen molar-refractivity contribution in [1.29, 1.82) is 0 Å². The summed E-state index contributed by atoms with van der Waals surface area (Å²) in [5, 5.41) is 0. The Hall–Kier alpha value is -0.830. The van der Waals surface area contributed by atoms with Gasteiger partial charge >= 0.3 is 5.97 Å². The Kier molecular flexibility index (Phi) is 15.7. The molecule has 1 atom stereocenters. The van der Waals surface area contributed by atoms with E-state index in [2.05, 4.69) is 19.1 Å². The minimum Gasteiger partial charge on any atom is -0.463 e. The third-order valence-electron chi connectivity index (χ3n) is 5.10. The zero-order valence-electron chi connectivity index (χ0n) is 17.2. The summed E-state index contributed by atoms with van der Waals surface area (Å²) in [6, 6.07) is 0. The molecule has 26 heavy (non-hydrogen) atoms. The minimum absolute atomic E-state index is 0.0573. The zero-order chi connectivity index (χ0) is 18.7. The number of allylic oxidation sites excluding steroid dienone is 2. The van der Waals surface area contributed by atoms with Gasteiger partial charge in [-0.2, -0.15) is 0 Å². The Labute approximate surface area is 161 Å². The maximum atomic E-state index is 11.6. The van der Waals surface area contributed by atoms with Gasteiger partial charge in [0.25, 0.3) is 0 Å². The van der Waals surface area contributed by atoms with Crippen molar-refractivity contribution in [3.8, 4) is 0 Å². The van der Waals surface area contributed by atoms with Crippen molar-refractivity contribution in [1.82, 2.24) is 0 Å². The maximum Gasteiger partial charge on any atom is 0.305 e. The highest BCUT2D eigenvalue weighted by atomic mass is 16.6. The lowest BCUT2D eigenvalue weighted by Gasteiger charge is -2.09. The SMILES string of the molecule is CCCCCCCC/C=C\CCCCCCCC(=O)OC[C@H]1CCCO1. The van der Waals surface area contributed by atoms with Crippen LogP contribution in [0.3, 0.4) is 0 Å². The average molecular weight is 367 g/mol. The highest BCUT2D eigenvalue weighted by Crippen LogP contribution is 2.13. The Bertz CT molecular complexity index is 345. The van der Waals surface area contributed by atoms with Gasteiger partial charge in [0.15, 0.2) is 0 Å². The molecule has 0 spiro atoms. The Morgan fingerprint density at radius 2 is 1.54 bits per heavy atom. The lowest BCUT2D eigenvalue weighted by atomic mass is 10.1. The summed E-state index contributed by atoms with van der Waals surface area (Å²) >= 11 is 0. The number of rotatable bonds is 17. The fourth-order valence-electron chi connectivity index (χ4n) is 3.37. The van der Waals surface area contributed by atoms with Crippen LogP contribution < -0.4 is 0 Å². The van der Waals surface area contributed by atoms with Crippen LogP contribution in [0.2, 0.25) is 0 Å². The Balaban J connectivity index is 1.76. The lowest BCUT2D eigenvalue weighted by molar-refractivity contribution is -0.147. The van der Waals surface area contributed by atoms with Crippen molar-refractivity contribution >= 4 is 5.97 Å². The second-order valence-corrected chi connectivity index (χ2v) is 7.65. The smallest absolute Gasteiger partial charge is 0.305 e. The van der Waals surface area contributed by atoms with E-state index in [0.717, 1.165) is 32.3 Å². The summed E-state index contributed by atoms with van der Waals surface area (Å²) in [7, 11) is 0. The summed E-state index contributed by atoms with van der Waals surface area (Å²) in [5.74, 6) is -0.0573. The molecule has 1 rings (SSSR count). The van der Waals surface area contributed by atoms with E-state index in [0.29, 0.717) is 13.0 Å². The van der Waals surface area contributed by atoms with Crippen LogP contribution in [0.4, 0.5) is 0 Å². The molecule has 152 valence electrons. The molecule has 0 radical (unpaired) electrons. The van der Waals surface area contributed by atoms with Crippen molar-refractivity contribution in [2.75, 3.05) is 13.2 Å². The molecule has 0 aromatic rings. The molecule has 3 nitrogen and oxygen atoms in total. The second-order valence-electron chi connectivity index (χ2n) is 7.65. The summed E-state index contributed by atoms with van der Waals surface area (Å²) in [4.78, 5) is 11.6. The summed E-state index contributed by atoms with van der Waals surface area (Å²) in [6.07, 6.45) is 24.2. The number of ether oxygens (including phenoxy) is 2. The van der Waals surface area contributed by atoms with E-state index in [1.165, 1.54) is 70.6 Å². The number of hydrogen-bond donors (Lipinski definition) is 0. The van der Waals surface area contributed by atoms with E-state index in [4.69, 9.17) is 9.47 Å². The Morgan fingerprint density at radius 3 is 2.15 bits per heavy atom. The predicted octanol–water partition coefficient (Wildman–Crippen LogP) is 6.75. The molecule has 1 heterocycles. The molecule has 3 heteroatoms. The number of carbonyl (C=O) groups excluding carboxylic acids is 1. The van der Waals surface area contributed by atoms with Gasteiger partial charge in [-0.15, -0.1) is 0 Å². The van der Waals surface area contributed by atoms with Crippen LogP contribution in [0.15, 0.2) is 12.2 Å². The van der Waals surface area contributed by atoms with E-state index in [-0.39, 0.29) is 12.1 Å². The lowest BCUT2D eigenvalue weighted by Crippen LogP contribution is -2.17. The van der Waals surface area contributed by atoms with Crippen LogP contribution >= 0.6 is 0 Å². The fraction of sp³-hybridized carbons (Fsp3) is 0.870. The van der Waals surface area contributed by atoms with Gasteiger partial charge in [0.2, 0.25) is 0 Å². The van der Waals surface area contributed by atoms with Gasteiger partial charge in [-0.25, -0.2) is 0 Å². The zero-order valence-corrected chi connectivity index (χ0v) is 17.2. The van der Waals surface area contributed by atoms with Crippen LogP contribution in [-0.4, -0.2) is 25.3 Å². The van der Waals surface area contributed by atoms with Crippen LogP contribution in [0, 0.1) is 0 Å². The highest BCUT2D eigenvalue weighted by Gasteiger charge is 2.17. The van der Waals surface area contributed by atoms with E-state index in [1.807, 2.05) is 0 Å². The molecule has 1 aliphatic heterocycles. The minimum atomic E-state index is -0.0573. The van der Waals surface area contributed by atoms with Crippen LogP contribution in [0.25, 0.3) is 0 Å². The normalized spacial score (nSPS) is 17.2. The van der Waals surface area contributed by atoms with E-state index in [1.54, 1.807) is 0 Å². The van der Waals surface area contributed by atoms with Crippen molar-refractivity contribution in [2.45, 2.75) is 116 Å². The number of esters is 1. The fourth-order valence-corrected chi connectivity index (χ4v) is 3.37. The van der Waals surface area contributed by atoms with Gasteiger partial charge in [-0.3, -0.25) is 4.79 Å². The Morgan fingerprint density at radius 1 is 0.923 bits per heavy atom. The molecular formula is C23H42O3. The van der Waals surface area contributed by atoms with Gasteiger partial charge in [-0.05, 0) is 44.9 Å². The third kappa shape index (κ3) is 14.4. The topological polar surface area (TPSA) is 35.5 Å². The molecule has 0 N–H and O–H groups in total. The molecule has 1 aliphatic rings. The van der Waals surface area contributed by atoms with Crippen molar-refractivity contribution in [3.05, 3.63) is 12.2 Å². The first kappa shape index (κ1) is 23.2. The van der Waals surface area contributed by atoms with Crippen molar-refractivity contribution in [3.63, 3.8) is 0 Å². The van der Waals surface area contributed by atoms with Gasteiger partial charge in [0.1, 0.15) is 6.61 Å². The quantitative estimate of drug-likeness (QED) is 0.162. The van der Waals surface area contributed by atoms with Gasteiger partial charge in [0, 0.05) is 13.0 Å². The molecular weight excluding hydrogens is 324 g/mol. The van der Waals surface area contributed by atoms with Crippen LogP contribution in [0.1, 0.15) is 110 Å². The largest absolute Gasteiger partial charge is 0.463 e. The molecule has 1 fully saturated rings. The summed E-state index contributed by atoms with van der Waals surface area (Å²) in [6.45, 7) is 3.53. The molecule has 0 unspecified atom stereocenters. The standard InChI is InChI=1S/C23H42O3/c1-2-3-4-5-6-7-8-9-10-11-12-13-14-15-16-19-23(24)26-21-22-18-17-20-25-22/h9-10,22H,2-8,11-21H2,1H3/b10-9-/t22-/m1/s1. The van der Waals surface area contributed by atoms with E-state index in [9.17, 15) is 4.79 Å². The van der Waals surface area contributed by atoms with Crippen LogP contribution in [0.5, 0.6) is 0 Å². The molecule has 0 aromatic carbocycles. The van der Waals surface area contributed by atoms with Gasteiger partial charge in [0.05, 0.1) is 6.10 Å². The maximum absolute atomic E-state index is 11.6. The monoisotopic (exact) mass is 366 g/mol. The van der Waals surface area contributed by atoms with Gasteiger partial charge < -0.3 is 9.47 Å². The number of hydrogen-bond acceptors (Lipinski definition) is 3. The first-order chi connectivity index (χ1) is 12.8. The first-order valence-electron chi connectivity index (χ1n) is 11.2. The summed E-state index contributed by atoms with van der Waals surface area (Å²) in [5.41, 5.74) is 0. The first-order valence-corrected chi connectivity index (χ1v) is 11.2. The number of carbonyl (C=O) groups is 1. The predicted molar refractivity (Wildman–Crippen MR) is 109 cm³/mol.